The first-order chi connectivity index (χ1) is 11.5. The average molecular weight is 344 g/mol. The summed E-state index contributed by atoms with van der Waals surface area (Å²) in [5, 5.41) is 12.0. The number of carbonyl (C=O) groups excluding carboxylic acids is 1. The molecule has 0 spiro atoms. The molecule has 3 aromatic rings. The van der Waals surface area contributed by atoms with Crippen molar-refractivity contribution in [3.63, 3.8) is 0 Å². The van der Waals surface area contributed by atoms with Crippen molar-refractivity contribution in [2.45, 2.75) is 26.4 Å². The molecule has 1 N–H and O–H groups in total. The van der Waals surface area contributed by atoms with E-state index in [-0.39, 0.29) is 11.9 Å². The lowest BCUT2D eigenvalue weighted by Crippen LogP contribution is -2.17. The van der Waals surface area contributed by atoms with E-state index in [1.165, 1.54) is 0 Å². The number of carbonyl (C=O) groups is 1. The van der Waals surface area contributed by atoms with Crippen LogP contribution in [0.3, 0.4) is 0 Å². The summed E-state index contributed by atoms with van der Waals surface area (Å²) in [4.78, 5) is 12.4. The molecule has 2 heterocycles. The third-order valence-corrected chi connectivity index (χ3v) is 3.78. The molecule has 0 radical (unpaired) electrons. The second kappa shape index (κ2) is 6.88. The maximum atomic E-state index is 12.4. The van der Waals surface area contributed by atoms with Crippen molar-refractivity contribution in [1.82, 2.24) is 19.6 Å². The number of benzene rings is 1. The monoisotopic (exact) mass is 343 g/mol. The predicted molar refractivity (Wildman–Crippen MR) is 93.3 cm³/mol. The molecule has 0 aliphatic rings. The van der Waals surface area contributed by atoms with Crippen LogP contribution < -0.4 is 5.32 Å². The van der Waals surface area contributed by atoms with Gasteiger partial charge in [0, 0.05) is 23.3 Å². The van der Waals surface area contributed by atoms with Gasteiger partial charge in [-0.05, 0) is 37.6 Å². The molecule has 0 bridgehead atoms. The van der Waals surface area contributed by atoms with Crippen LogP contribution in [-0.2, 0) is 6.54 Å². The second-order valence-corrected chi connectivity index (χ2v) is 6.17. The minimum Gasteiger partial charge on any atom is -0.305 e. The van der Waals surface area contributed by atoms with Gasteiger partial charge in [-0.1, -0.05) is 23.7 Å². The first kappa shape index (κ1) is 16.3. The zero-order valence-electron chi connectivity index (χ0n) is 13.5. The van der Waals surface area contributed by atoms with Gasteiger partial charge in [-0.25, -0.2) is 4.68 Å². The predicted octanol–water partition coefficient (Wildman–Crippen LogP) is 3.61. The van der Waals surface area contributed by atoms with E-state index in [4.69, 9.17) is 11.6 Å². The van der Waals surface area contributed by atoms with Gasteiger partial charge in [0.1, 0.15) is 5.82 Å². The normalized spacial score (nSPS) is 11.0. The summed E-state index contributed by atoms with van der Waals surface area (Å²) in [5.74, 6) is 0.348. The number of anilines is 1. The lowest BCUT2D eigenvalue weighted by Gasteiger charge is -2.09. The summed E-state index contributed by atoms with van der Waals surface area (Å²) in [5.41, 5.74) is 1.38. The van der Waals surface area contributed by atoms with E-state index in [2.05, 4.69) is 15.5 Å². The van der Waals surface area contributed by atoms with Crippen molar-refractivity contribution in [3.8, 4) is 0 Å². The average Bonchev–Trinajstić information content (AvgIpc) is 3.17. The molecular weight excluding hydrogens is 326 g/mol. The maximum Gasteiger partial charge on any atom is 0.277 e. The SMILES string of the molecule is CC(C)n1ccc(C(=O)Nc2ccnn2Cc2cccc(Cl)c2)n1. The van der Waals surface area contributed by atoms with Crippen LogP contribution in [0.2, 0.25) is 5.02 Å². The maximum absolute atomic E-state index is 12.4. The van der Waals surface area contributed by atoms with Gasteiger partial charge in [-0.15, -0.1) is 0 Å². The zero-order chi connectivity index (χ0) is 17.1. The number of nitrogens with zero attached hydrogens (tertiary/aromatic N) is 4. The van der Waals surface area contributed by atoms with Crippen LogP contribution in [0.4, 0.5) is 5.82 Å². The molecule has 0 saturated carbocycles. The highest BCUT2D eigenvalue weighted by molar-refractivity contribution is 6.30. The smallest absolute Gasteiger partial charge is 0.277 e. The number of amides is 1. The number of rotatable bonds is 5. The fraction of sp³-hybridized carbons (Fsp3) is 0.235. The molecule has 1 amide bonds. The number of hydrogen-bond acceptors (Lipinski definition) is 3. The molecule has 7 heteroatoms. The first-order valence-corrected chi connectivity index (χ1v) is 8.03. The summed E-state index contributed by atoms with van der Waals surface area (Å²) in [6, 6.07) is 11.2. The van der Waals surface area contributed by atoms with Crippen molar-refractivity contribution in [2.75, 3.05) is 5.32 Å². The topological polar surface area (TPSA) is 64.7 Å². The van der Waals surface area contributed by atoms with Crippen LogP contribution in [0.15, 0.2) is 48.8 Å². The highest BCUT2D eigenvalue weighted by atomic mass is 35.5. The highest BCUT2D eigenvalue weighted by Gasteiger charge is 2.13. The molecule has 1 aromatic carbocycles. The quantitative estimate of drug-likeness (QED) is 0.769. The summed E-state index contributed by atoms with van der Waals surface area (Å²) in [6.45, 7) is 4.53. The Balaban J connectivity index is 1.74. The van der Waals surface area contributed by atoms with Crippen LogP contribution >= 0.6 is 11.6 Å². The Kier molecular flexibility index (Phi) is 4.66. The fourth-order valence-corrected chi connectivity index (χ4v) is 2.51. The van der Waals surface area contributed by atoms with Crippen molar-refractivity contribution in [3.05, 3.63) is 65.1 Å². The molecule has 24 heavy (non-hydrogen) atoms. The van der Waals surface area contributed by atoms with Gasteiger partial charge in [-0.2, -0.15) is 10.2 Å². The standard InChI is InChI=1S/C17H18ClN5O/c1-12(2)22-9-7-15(21-22)17(24)20-16-6-8-19-23(16)11-13-4-3-5-14(18)10-13/h3-10,12H,11H2,1-2H3,(H,20,24). The zero-order valence-corrected chi connectivity index (χ0v) is 14.2. The van der Waals surface area contributed by atoms with E-state index in [0.29, 0.717) is 23.1 Å². The number of hydrogen-bond donors (Lipinski definition) is 1. The van der Waals surface area contributed by atoms with Gasteiger partial charge >= 0.3 is 0 Å². The third-order valence-electron chi connectivity index (χ3n) is 3.55. The minimum atomic E-state index is -0.262. The van der Waals surface area contributed by atoms with Crippen molar-refractivity contribution < 1.29 is 4.79 Å². The van der Waals surface area contributed by atoms with E-state index < -0.39 is 0 Å². The first-order valence-electron chi connectivity index (χ1n) is 7.65. The van der Waals surface area contributed by atoms with Crippen LogP contribution in [-0.4, -0.2) is 25.5 Å². The lowest BCUT2D eigenvalue weighted by atomic mass is 10.2. The van der Waals surface area contributed by atoms with Gasteiger partial charge in [0.25, 0.3) is 5.91 Å². The molecule has 0 saturated heterocycles. The Morgan fingerprint density at radius 3 is 2.83 bits per heavy atom. The van der Waals surface area contributed by atoms with Crippen LogP contribution in [0.5, 0.6) is 0 Å². The Hall–Kier alpha value is -2.60. The molecule has 124 valence electrons. The Bertz CT molecular complexity index is 852. The van der Waals surface area contributed by atoms with Gasteiger partial charge in [0.15, 0.2) is 5.69 Å². The molecule has 0 fully saturated rings. The van der Waals surface area contributed by atoms with Crippen molar-refractivity contribution in [1.29, 1.82) is 0 Å². The molecule has 0 aliphatic heterocycles. The van der Waals surface area contributed by atoms with E-state index in [1.807, 2.05) is 38.1 Å². The molecule has 0 aliphatic carbocycles. The van der Waals surface area contributed by atoms with E-state index in [1.54, 1.807) is 33.9 Å². The summed E-state index contributed by atoms with van der Waals surface area (Å²) in [7, 11) is 0. The van der Waals surface area contributed by atoms with E-state index in [9.17, 15) is 4.79 Å². The van der Waals surface area contributed by atoms with Crippen molar-refractivity contribution >= 4 is 23.3 Å². The summed E-state index contributed by atoms with van der Waals surface area (Å²) in [6.07, 6.45) is 3.44. The third kappa shape index (κ3) is 3.65. The second-order valence-electron chi connectivity index (χ2n) is 5.73. The van der Waals surface area contributed by atoms with E-state index in [0.717, 1.165) is 5.56 Å². The molecule has 3 rings (SSSR count). The number of aromatic nitrogens is 4. The fourth-order valence-electron chi connectivity index (χ4n) is 2.30. The van der Waals surface area contributed by atoms with Crippen LogP contribution in [0.25, 0.3) is 0 Å². The van der Waals surface area contributed by atoms with E-state index >= 15 is 0 Å². The van der Waals surface area contributed by atoms with Gasteiger partial charge in [-0.3, -0.25) is 9.48 Å². The molecular formula is C17H18ClN5O. The van der Waals surface area contributed by atoms with Gasteiger partial charge in [0.2, 0.25) is 0 Å². The Labute approximate surface area is 145 Å². The van der Waals surface area contributed by atoms with Gasteiger partial charge < -0.3 is 5.32 Å². The van der Waals surface area contributed by atoms with Gasteiger partial charge in [0.05, 0.1) is 12.7 Å². The summed E-state index contributed by atoms with van der Waals surface area (Å²) >= 11 is 6.01. The van der Waals surface area contributed by atoms with Crippen molar-refractivity contribution in [2.24, 2.45) is 0 Å². The largest absolute Gasteiger partial charge is 0.305 e. The molecule has 2 aromatic heterocycles. The molecule has 0 unspecified atom stereocenters. The highest BCUT2D eigenvalue weighted by Crippen LogP contribution is 2.15. The molecule has 0 atom stereocenters. The number of halogens is 1. The Morgan fingerprint density at radius 2 is 2.12 bits per heavy atom. The molecule has 6 nitrogen and oxygen atoms in total. The Morgan fingerprint density at radius 1 is 1.29 bits per heavy atom. The van der Waals surface area contributed by atoms with Crippen LogP contribution in [0, 0.1) is 0 Å². The summed E-state index contributed by atoms with van der Waals surface area (Å²) < 4.78 is 3.46. The lowest BCUT2D eigenvalue weighted by molar-refractivity contribution is 0.102. The number of nitrogens with one attached hydrogen (secondary N) is 1. The van der Waals surface area contributed by atoms with Crippen LogP contribution in [0.1, 0.15) is 35.9 Å². The minimum absolute atomic E-state index is 0.208.